The minimum atomic E-state index is -0.894. The highest BCUT2D eigenvalue weighted by Crippen LogP contribution is 2.73. The van der Waals surface area contributed by atoms with Gasteiger partial charge in [0.2, 0.25) is 0 Å². The Bertz CT molecular complexity index is 832. The van der Waals surface area contributed by atoms with Crippen molar-refractivity contribution < 1.29 is 20.1 Å². The van der Waals surface area contributed by atoms with Crippen molar-refractivity contribution in [3.8, 4) is 0 Å². The van der Waals surface area contributed by atoms with Crippen LogP contribution in [0.2, 0.25) is 0 Å². The third kappa shape index (κ3) is 3.91. The van der Waals surface area contributed by atoms with Crippen LogP contribution in [0, 0.1) is 45.3 Å². The molecule has 3 fully saturated rings. The van der Waals surface area contributed by atoms with Gasteiger partial charge in [-0.2, -0.15) is 0 Å². The molecule has 202 valence electrons. The average molecular weight is 491 g/mol. The van der Waals surface area contributed by atoms with Gasteiger partial charge in [0.15, 0.2) is 0 Å². The molecular weight excluding hydrogens is 436 g/mol. The van der Waals surface area contributed by atoms with E-state index in [2.05, 4.69) is 47.6 Å². The minimum Gasteiger partial charge on any atom is -0.393 e. The predicted octanol–water partition coefficient (Wildman–Crippen LogP) is 6.13. The van der Waals surface area contributed by atoms with Gasteiger partial charge in [-0.25, -0.2) is 0 Å². The van der Waals surface area contributed by atoms with E-state index in [0.29, 0.717) is 30.1 Å². The van der Waals surface area contributed by atoms with Crippen LogP contribution in [-0.2, 0) is 4.74 Å². The first-order valence-electron chi connectivity index (χ1n) is 14.4. The molecule has 0 aromatic rings. The monoisotopic (exact) mass is 490 g/mol. The highest BCUT2D eigenvalue weighted by atomic mass is 16.5. The van der Waals surface area contributed by atoms with Crippen LogP contribution >= 0.6 is 0 Å². The van der Waals surface area contributed by atoms with Gasteiger partial charge in [0.1, 0.15) is 6.10 Å². The van der Waals surface area contributed by atoms with Crippen molar-refractivity contribution in [2.75, 3.05) is 7.11 Å². The zero-order valence-corrected chi connectivity index (χ0v) is 24.0. The summed E-state index contributed by atoms with van der Waals surface area (Å²) in [7, 11) is 1.60. The van der Waals surface area contributed by atoms with Crippen molar-refractivity contribution in [2.24, 2.45) is 45.3 Å². The maximum absolute atomic E-state index is 10.9. The Labute approximate surface area is 214 Å². The maximum Gasteiger partial charge on any atom is 0.108 e. The Hall–Kier alpha value is -0.420. The molecule has 0 aromatic heterocycles. The van der Waals surface area contributed by atoms with E-state index in [1.807, 2.05) is 13.8 Å². The Morgan fingerprint density at radius 2 is 1.69 bits per heavy atom. The Balaban J connectivity index is 1.58. The molecular formula is C31H54O4. The first kappa shape index (κ1) is 27.6. The van der Waals surface area contributed by atoms with Gasteiger partial charge in [0.05, 0.1) is 17.8 Å². The van der Waals surface area contributed by atoms with Crippen LogP contribution in [0.4, 0.5) is 0 Å². The molecule has 0 spiro atoms. The van der Waals surface area contributed by atoms with Crippen molar-refractivity contribution in [1.29, 1.82) is 0 Å². The lowest BCUT2D eigenvalue weighted by Gasteiger charge is -2.64. The molecule has 0 unspecified atom stereocenters. The Morgan fingerprint density at radius 1 is 1.03 bits per heavy atom. The van der Waals surface area contributed by atoms with Crippen molar-refractivity contribution in [1.82, 2.24) is 0 Å². The number of aliphatic hydroxyl groups is 3. The van der Waals surface area contributed by atoms with Crippen LogP contribution < -0.4 is 0 Å². The first-order chi connectivity index (χ1) is 16.1. The van der Waals surface area contributed by atoms with Crippen LogP contribution in [0.1, 0.15) is 107 Å². The summed E-state index contributed by atoms with van der Waals surface area (Å²) in [4.78, 5) is 0. The largest absolute Gasteiger partial charge is 0.393 e. The predicted molar refractivity (Wildman–Crippen MR) is 142 cm³/mol. The molecule has 0 radical (unpaired) electrons. The fourth-order valence-electron chi connectivity index (χ4n) is 9.91. The normalized spacial score (nSPS) is 45.5. The van der Waals surface area contributed by atoms with E-state index in [1.165, 1.54) is 25.7 Å². The third-order valence-corrected chi connectivity index (χ3v) is 12.8. The molecule has 4 aliphatic carbocycles. The van der Waals surface area contributed by atoms with E-state index >= 15 is 0 Å². The van der Waals surface area contributed by atoms with Gasteiger partial charge in [0.25, 0.3) is 0 Å². The number of fused-ring (bicyclic) bond motifs is 5. The SMILES string of the molecule is COC(C)(C)[C@H](O)[C@H](O)C[C@H](C)[C@@H]1CC[C@]2(C)C3=CC[C@H]4C(C)(C)[C@H](O)CC[C@]4(C)[C@H]3CC[C@@]12C. The van der Waals surface area contributed by atoms with E-state index < -0.39 is 17.8 Å². The number of rotatable bonds is 6. The summed E-state index contributed by atoms with van der Waals surface area (Å²) in [6, 6.07) is 0. The van der Waals surface area contributed by atoms with Crippen molar-refractivity contribution >= 4 is 0 Å². The molecule has 4 nitrogen and oxygen atoms in total. The fourth-order valence-corrected chi connectivity index (χ4v) is 9.91. The maximum atomic E-state index is 10.9. The molecule has 3 N–H and O–H groups in total. The molecule has 0 bridgehead atoms. The number of aliphatic hydroxyl groups excluding tert-OH is 3. The third-order valence-electron chi connectivity index (χ3n) is 12.8. The summed E-state index contributed by atoms with van der Waals surface area (Å²) >= 11 is 0. The fraction of sp³-hybridized carbons (Fsp3) is 0.935. The molecule has 4 aliphatic rings. The van der Waals surface area contributed by atoms with Crippen LogP contribution in [0.3, 0.4) is 0 Å². The Morgan fingerprint density at radius 3 is 2.31 bits per heavy atom. The molecule has 0 amide bonds. The van der Waals surface area contributed by atoms with Crippen molar-refractivity contribution in [2.45, 2.75) is 131 Å². The zero-order valence-electron chi connectivity index (χ0n) is 24.0. The molecule has 4 heteroatoms. The second-order valence-corrected chi connectivity index (χ2v) is 14.8. The molecule has 4 rings (SSSR count). The van der Waals surface area contributed by atoms with E-state index in [0.717, 1.165) is 19.3 Å². The van der Waals surface area contributed by atoms with E-state index in [9.17, 15) is 15.3 Å². The van der Waals surface area contributed by atoms with Gasteiger partial charge in [-0.05, 0) is 111 Å². The highest BCUT2D eigenvalue weighted by Gasteiger charge is 2.65. The molecule has 35 heavy (non-hydrogen) atoms. The lowest BCUT2D eigenvalue weighted by molar-refractivity contribution is -0.136. The lowest BCUT2D eigenvalue weighted by atomic mass is 9.41. The summed E-state index contributed by atoms with van der Waals surface area (Å²) in [6.45, 7) is 18.2. The highest BCUT2D eigenvalue weighted by molar-refractivity contribution is 5.33. The summed E-state index contributed by atoms with van der Waals surface area (Å²) < 4.78 is 5.45. The van der Waals surface area contributed by atoms with E-state index in [-0.39, 0.29) is 27.8 Å². The number of methoxy groups -OCH3 is 1. The summed E-state index contributed by atoms with van der Waals surface area (Å²) in [6.07, 6.45) is 9.39. The van der Waals surface area contributed by atoms with Crippen LogP contribution in [0.25, 0.3) is 0 Å². The molecule has 3 saturated carbocycles. The second kappa shape index (κ2) is 8.82. The van der Waals surface area contributed by atoms with Crippen LogP contribution in [-0.4, -0.2) is 46.3 Å². The van der Waals surface area contributed by atoms with Gasteiger partial charge in [-0.15, -0.1) is 0 Å². The quantitative estimate of drug-likeness (QED) is 0.392. The van der Waals surface area contributed by atoms with Gasteiger partial charge in [-0.1, -0.05) is 53.2 Å². The summed E-state index contributed by atoms with van der Waals surface area (Å²) in [5.41, 5.74) is 1.60. The molecule has 0 aliphatic heterocycles. The van der Waals surface area contributed by atoms with E-state index in [4.69, 9.17) is 4.74 Å². The molecule has 10 atom stereocenters. The number of hydrogen-bond acceptors (Lipinski definition) is 4. The van der Waals surface area contributed by atoms with Gasteiger partial charge < -0.3 is 20.1 Å². The Kier molecular flexibility index (Phi) is 6.96. The topological polar surface area (TPSA) is 69.9 Å². The standard InChI is InChI=1S/C31H54O4/c1-19(18-23(32)26(34)28(4,5)35-9)20-12-16-31(8)22-10-11-24-27(2,3)25(33)14-15-29(24,6)21(22)13-17-30(20,31)7/h10,19-21,23-26,32-34H,11-18H2,1-9H3/t19-,20-,21-,23+,24-,25+,26+,29+,30-,31+/m0/s1. The summed E-state index contributed by atoms with van der Waals surface area (Å²) in [5.74, 6) is 2.04. The van der Waals surface area contributed by atoms with E-state index in [1.54, 1.807) is 12.7 Å². The second-order valence-electron chi connectivity index (χ2n) is 14.8. The average Bonchev–Trinajstić information content (AvgIpc) is 3.07. The first-order valence-corrected chi connectivity index (χ1v) is 14.4. The number of hydrogen-bond donors (Lipinski definition) is 3. The van der Waals surface area contributed by atoms with Gasteiger partial charge in [-0.3, -0.25) is 0 Å². The zero-order chi connectivity index (χ0) is 26.2. The van der Waals surface area contributed by atoms with Crippen molar-refractivity contribution in [3.63, 3.8) is 0 Å². The van der Waals surface area contributed by atoms with Crippen LogP contribution in [0.15, 0.2) is 11.6 Å². The lowest BCUT2D eigenvalue weighted by Crippen LogP contribution is -2.58. The smallest absolute Gasteiger partial charge is 0.108 e. The number of ether oxygens (including phenoxy) is 1. The van der Waals surface area contributed by atoms with Gasteiger partial charge in [0, 0.05) is 7.11 Å². The van der Waals surface area contributed by atoms with Gasteiger partial charge >= 0.3 is 0 Å². The molecule has 0 saturated heterocycles. The van der Waals surface area contributed by atoms with Crippen molar-refractivity contribution in [3.05, 3.63) is 11.6 Å². The van der Waals surface area contributed by atoms with Crippen LogP contribution in [0.5, 0.6) is 0 Å². The molecule has 0 heterocycles. The molecule has 0 aromatic carbocycles. The minimum absolute atomic E-state index is 0.0314. The number of allylic oxidation sites excluding steroid dienone is 2. The summed E-state index contributed by atoms with van der Waals surface area (Å²) in [5, 5.41) is 32.5.